The molecule has 0 aromatic heterocycles. The maximum atomic E-state index is 12.5. The molecule has 0 N–H and O–H groups in total. The Morgan fingerprint density at radius 1 is 1.12 bits per heavy atom. The Balaban J connectivity index is 2.71. The van der Waals surface area contributed by atoms with Crippen LogP contribution in [0.4, 0.5) is 0 Å². The van der Waals surface area contributed by atoms with Gasteiger partial charge in [-0.05, 0) is 76.6 Å². The van der Waals surface area contributed by atoms with Crippen LogP contribution in [0.2, 0.25) is 18.1 Å². The molecule has 0 aromatic carbocycles. The molecule has 0 aliphatic heterocycles. The third kappa shape index (κ3) is 11.1. The second-order valence-electron chi connectivity index (χ2n) is 11.0. The number of ether oxygens (including phenoxy) is 1. The fraction of sp³-hybridized carbons (Fsp3) is 0.655. The van der Waals surface area contributed by atoms with Gasteiger partial charge in [-0.25, -0.2) is 0 Å². The summed E-state index contributed by atoms with van der Waals surface area (Å²) in [5.41, 5.74) is 0.883. The second-order valence-corrected chi connectivity index (χ2v) is 15.7. The van der Waals surface area contributed by atoms with Crippen LogP contribution in [0.25, 0.3) is 0 Å². The monoisotopic (exact) mass is 488 g/mol. The lowest BCUT2D eigenvalue weighted by atomic mass is 9.96. The zero-order chi connectivity index (χ0) is 25.8. The first-order valence-corrected chi connectivity index (χ1v) is 15.9. The Labute approximate surface area is 209 Å². The predicted molar refractivity (Wildman–Crippen MR) is 145 cm³/mol. The third-order valence-corrected chi connectivity index (χ3v) is 11.0. The number of rotatable bonds is 14. The maximum absolute atomic E-state index is 12.5. The molecule has 0 spiro atoms. The van der Waals surface area contributed by atoms with Crippen molar-refractivity contribution in [3.05, 3.63) is 48.1 Å². The summed E-state index contributed by atoms with van der Waals surface area (Å²) >= 11 is 0. The molecule has 1 rings (SSSR count). The molecule has 0 unspecified atom stereocenters. The van der Waals surface area contributed by atoms with Crippen LogP contribution in [-0.2, 0) is 18.8 Å². The molecule has 34 heavy (non-hydrogen) atoms. The summed E-state index contributed by atoms with van der Waals surface area (Å²) in [5.74, 6) is 0.0977. The van der Waals surface area contributed by atoms with Crippen LogP contribution in [0.5, 0.6) is 0 Å². The van der Waals surface area contributed by atoms with Gasteiger partial charge in [0.2, 0.25) is 0 Å². The summed E-state index contributed by atoms with van der Waals surface area (Å²) in [7, 11) is -1.90. The van der Waals surface area contributed by atoms with E-state index in [1.165, 1.54) is 0 Å². The minimum atomic E-state index is -1.90. The van der Waals surface area contributed by atoms with Crippen LogP contribution in [0.15, 0.2) is 48.1 Å². The Morgan fingerprint density at radius 2 is 1.82 bits per heavy atom. The molecular formula is C29H48O4Si. The number of carbonyl (C=O) groups is 2. The molecule has 0 saturated heterocycles. The van der Waals surface area contributed by atoms with Gasteiger partial charge in [0.15, 0.2) is 14.1 Å². The molecule has 0 fully saturated rings. The van der Waals surface area contributed by atoms with Crippen LogP contribution in [0.1, 0.15) is 86.5 Å². The average Bonchev–Trinajstić information content (AvgIpc) is 3.06. The van der Waals surface area contributed by atoms with Gasteiger partial charge in [-0.15, -0.1) is 0 Å². The molecule has 0 aromatic rings. The summed E-state index contributed by atoms with van der Waals surface area (Å²) in [5, 5.41) is 0.149. The van der Waals surface area contributed by atoms with E-state index in [1.807, 2.05) is 19.9 Å². The van der Waals surface area contributed by atoms with Crippen LogP contribution >= 0.6 is 0 Å². The van der Waals surface area contributed by atoms with Gasteiger partial charge in [-0.1, -0.05) is 64.2 Å². The number of allylic oxidation sites excluding steroid dienone is 6. The van der Waals surface area contributed by atoms with Crippen molar-refractivity contribution in [3.63, 3.8) is 0 Å². The van der Waals surface area contributed by atoms with Crippen molar-refractivity contribution >= 4 is 20.1 Å². The Kier molecular flexibility index (Phi) is 13.0. The minimum Gasteiger partial charge on any atom is -0.463 e. The van der Waals surface area contributed by atoms with Gasteiger partial charge in [0.25, 0.3) is 0 Å². The Bertz CT molecular complexity index is 765. The molecule has 0 saturated carbocycles. The number of esters is 1. The van der Waals surface area contributed by atoms with E-state index in [0.717, 1.165) is 44.1 Å². The lowest BCUT2D eigenvalue weighted by molar-refractivity contribution is -0.147. The highest BCUT2D eigenvalue weighted by Gasteiger charge is 2.38. The van der Waals surface area contributed by atoms with E-state index in [1.54, 1.807) is 6.08 Å². The van der Waals surface area contributed by atoms with E-state index >= 15 is 0 Å². The zero-order valence-corrected chi connectivity index (χ0v) is 23.9. The van der Waals surface area contributed by atoms with Crippen molar-refractivity contribution in [2.45, 2.75) is 117 Å². The Morgan fingerprint density at radius 3 is 2.44 bits per heavy atom. The smallest absolute Gasteiger partial charge is 0.306 e. The second kappa shape index (κ2) is 14.6. The molecule has 0 radical (unpaired) electrons. The van der Waals surface area contributed by atoms with E-state index in [9.17, 15) is 9.59 Å². The van der Waals surface area contributed by atoms with Gasteiger partial charge in [0.05, 0.1) is 12.2 Å². The normalized spacial score (nSPS) is 19.3. The van der Waals surface area contributed by atoms with E-state index in [-0.39, 0.29) is 34.9 Å². The fourth-order valence-electron chi connectivity index (χ4n) is 3.55. The molecule has 1 aliphatic carbocycles. The van der Waals surface area contributed by atoms with Crippen molar-refractivity contribution in [2.24, 2.45) is 5.92 Å². The minimum absolute atomic E-state index is 0.0607. The highest BCUT2D eigenvalue weighted by atomic mass is 28.4. The summed E-state index contributed by atoms with van der Waals surface area (Å²) in [6, 6.07) is 0. The number of ketones is 1. The summed E-state index contributed by atoms with van der Waals surface area (Å²) in [4.78, 5) is 24.1. The van der Waals surface area contributed by atoms with Crippen LogP contribution in [0, 0.1) is 5.92 Å². The fourth-order valence-corrected chi connectivity index (χ4v) is 4.93. The van der Waals surface area contributed by atoms with Crippen molar-refractivity contribution in [2.75, 3.05) is 0 Å². The van der Waals surface area contributed by atoms with Crippen LogP contribution in [-0.4, -0.2) is 32.3 Å². The zero-order valence-electron chi connectivity index (χ0n) is 22.9. The maximum Gasteiger partial charge on any atom is 0.306 e. The first-order chi connectivity index (χ1) is 15.9. The molecule has 4 nitrogen and oxygen atoms in total. The molecule has 1 aliphatic rings. The molecular weight excluding hydrogens is 440 g/mol. The topological polar surface area (TPSA) is 52.6 Å². The molecule has 0 amide bonds. The van der Waals surface area contributed by atoms with Crippen molar-refractivity contribution < 1.29 is 18.8 Å². The number of carbonyl (C=O) groups excluding carboxylic acids is 2. The van der Waals surface area contributed by atoms with E-state index in [0.29, 0.717) is 6.42 Å². The highest BCUT2D eigenvalue weighted by Crippen LogP contribution is 2.38. The van der Waals surface area contributed by atoms with Crippen LogP contribution in [0.3, 0.4) is 0 Å². The number of hydrogen-bond acceptors (Lipinski definition) is 4. The van der Waals surface area contributed by atoms with Gasteiger partial charge in [0, 0.05) is 17.9 Å². The van der Waals surface area contributed by atoms with Gasteiger partial charge >= 0.3 is 5.97 Å². The lowest BCUT2D eigenvalue weighted by Crippen LogP contribution is -2.43. The van der Waals surface area contributed by atoms with E-state index in [4.69, 9.17) is 9.16 Å². The van der Waals surface area contributed by atoms with Crippen molar-refractivity contribution in [1.82, 2.24) is 0 Å². The first kappa shape index (κ1) is 30.3. The molecule has 0 bridgehead atoms. The molecule has 2 atom stereocenters. The predicted octanol–water partition coefficient (Wildman–Crippen LogP) is 7.87. The highest BCUT2D eigenvalue weighted by molar-refractivity contribution is 6.74. The summed E-state index contributed by atoms with van der Waals surface area (Å²) in [6.07, 6.45) is 20.0. The number of hydrogen-bond donors (Lipinski definition) is 0. The molecule has 0 heterocycles. The SMILES string of the molecule is CC/C=C\C[C@@H](C/C=C1/C(=O)C=C[C@@H]1C/C=C\CCCC(=O)OC(C)C)O[Si](C)(C)C(C)(C)C. The van der Waals surface area contributed by atoms with Crippen LogP contribution < -0.4 is 0 Å². The molecule has 5 heteroatoms. The summed E-state index contributed by atoms with van der Waals surface area (Å²) in [6.45, 7) is 17.2. The van der Waals surface area contributed by atoms with Gasteiger partial charge in [-0.3, -0.25) is 9.59 Å². The standard InChI is InChI=1S/C29H48O4Si/c1-9-10-13-17-25(33-34(7,8)29(4,5)6)20-21-26-24(19-22-27(26)30)16-14-11-12-15-18-28(31)32-23(2)3/h10-11,13-14,19,21-25H,9,12,15-18,20H2,1-8H3/b13-10-,14-11-,26-21+/t24-,25-/m0/s1. The van der Waals surface area contributed by atoms with Crippen molar-refractivity contribution in [1.29, 1.82) is 0 Å². The van der Waals surface area contributed by atoms with Gasteiger partial charge in [-0.2, -0.15) is 0 Å². The Hall–Kier alpha value is -1.72. The van der Waals surface area contributed by atoms with Gasteiger partial charge in [0.1, 0.15) is 0 Å². The van der Waals surface area contributed by atoms with E-state index in [2.05, 4.69) is 71.2 Å². The third-order valence-electron chi connectivity index (χ3n) is 6.51. The van der Waals surface area contributed by atoms with Gasteiger partial charge < -0.3 is 9.16 Å². The molecule has 192 valence electrons. The lowest BCUT2D eigenvalue weighted by Gasteiger charge is -2.39. The largest absolute Gasteiger partial charge is 0.463 e. The quantitative estimate of drug-likeness (QED) is 0.0820. The first-order valence-electron chi connectivity index (χ1n) is 13.0. The van der Waals surface area contributed by atoms with E-state index < -0.39 is 8.32 Å². The summed E-state index contributed by atoms with van der Waals surface area (Å²) < 4.78 is 11.9. The van der Waals surface area contributed by atoms with Crippen molar-refractivity contribution in [3.8, 4) is 0 Å². The number of unbranched alkanes of at least 4 members (excludes halogenated alkanes) is 1. The average molecular weight is 489 g/mol.